The number of para-hydroxylation sites is 1. The second kappa shape index (κ2) is 6.16. The first-order chi connectivity index (χ1) is 12.5. The Morgan fingerprint density at radius 2 is 1.46 bits per heavy atom. The van der Waals surface area contributed by atoms with Gasteiger partial charge in [-0.15, -0.1) is 0 Å². The van der Waals surface area contributed by atoms with Gasteiger partial charge in [0.1, 0.15) is 17.0 Å². The molecule has 0 radical (unpaired) electrons. The summed E-state index contributed by atoms with van der Waals surface area (Å²) in [4.78, 5) is 0. The minimum absolute atomic E-state index is 0.311. The molecule has 3 aromatic carbocycles. The molecule has 1 atom stereocenters. The molecule has 0 saturated carbocycles. The summed E-state index contributed by atoms with van der Waals surface area (Å²) in [6, 6.07) is 23.9. The number of hydrogen-bond acceptors (Lipinski definition) is 4. The van der Waals surface area contributed by atoms with Gasteiger partial charge in [0.25, 0.3) is 0 Å². The van der Waals surface area contributed by atoms with Crippen molar-refractivity contribution in [2.75, 3.05) is 7.11 Å². The highest BCUT2D eigenvalue weighted by molar-refractivity contribution is 7.85. The predicted molar refractivity (Wildman–Crippen MR) is 98.4 cm³/mol. The van der Waals surface area contributed by atoms with Gasteiger partial charge in [-0.1, -0.05) is 60.7 Å². The number of benzene rings is 3. The highest BCUT2D eigenvalue weighted by Crippen LogP contribution is 2.44. The molecular weight excluding hydrogens is 350 g/mol. The molecule has 26 heavy (non-hydrogen) atoms. The van der Waals surface area contributed by atoms with Crippen LogP contribution in [0.4, 0.5) is 0 Å². The van der Waals surface area contributed by atoms with E-state index in [4.69, 9.17) is 8.92 Å². The number of ether oxygens (including phenoxy) is 1. The van der Waals surface area contributed by atoms with E-state index < -0.39 is 15.8 Å². The van der Waals surface area contributed by atoms with Gasteiger partial charge >= 0.3 is 10.3 Å². The molecule has 0 saturated heterocycles. The molecule has 1 heterocycles. The number of methoxy groups -OCH3 is 1. The maximum Gasteiger partial charge on any atom is 0.384 e. The molecule has 3 aromatic rings. The molecular formula is C20H17NO4S. The lowest BCUT2D eigenvalue weighted by atomic mass is 9.77. The molecule has 1 aliphatic heterocycles. The van der Waals surface area contributed by atoms with Crippen molar-refractivity contribution in [3.05, 3.63) is 95.6 Å². The Morgan fingerprint density at radius 3 is 2.15 bits per heavy atom. The standard InChI is InChI=1S/C20H17NO4S/c1-24-17-13-11-16(12-14-17)20(15-7-3-2-4-8-15)18-9-5-6-10-19(18)25-26(22,23)21-20/h2-14,21H,1H3/t20-/m1/s1. The van der Waals surface area contributed by atoms with Crippen molar-refractivity contribution in [2.45, 2.75) is 5.54 Å². The fourth-order valence-electron chi connectivity index (χ4n) is 3.36. The van der Waals surface area contributed by atoms with Gasteiger partial charge in [0.2, 0.25) is 0 Å². The lowest BCUT2D eigenvalue weighted by Crippen LogP contribution is -2.52. The summed E-state index contributed by atoms with van der Waals surface area (Å²) in [5.41, 5.74) is 1.20. The van der Waals surface area contributed by atoms with E-state index in [0.717, 1.165) is 16.7 Å². The van der Waals surface area contributed by atoms with E-state index in [1.54, 1.807) is 19.2 Å². The molecule has 132 valence electrons. The largest absolute Gasteiger partial charge is 0.497 e. The first-order valence-electron chi connectivity index (χ1n) is 8.08. The third kappa shape index (κ3) is 2.64. The average Bonchev–Trinajstić information content (AvgIpc) is 2.67. The van der Waals surface area contributed by atoms with E-state index in [0.29, 0.717) is 11.5 Å². The smallest absolute Gasteiger partial charge is 0.384 e. The summed E-state index contributed by atoms with van der Waals surface area (Å²) in [5.74, 6) is 1.01. The Kier molecular flexibility index (Phi) is 3.94. The summed E-state index contributed by atoms with van der Waals surface area (Å²) < 4.78 is 38.3. The van der Waals surface area contributed by atoms with Crippen molar-refractivity contribution >= 4 is 10.3 Å². The molecule has 4 rings (SSSR count). The molecule has 0 amide bonds. The van der Waals surface area contributed by atoms with Crippen molar-refractivity contribution in [3.63, 3.8) is 0 Å². The van der Waals surface area contributed by atoms with Crippen molar-refractivity contribution < 1.29 is 17.3 Å². The van der Waals surface area contributed by atoms with Crippen LogP contribution in [0.3, 0.4) is 0 Å². The number of fused-ring (bicyclic) bond motifs is 1. The first kappa shape index (κ1) is 16.6. The minimum atomic E-state index is -4.00. The van der Waals surface area contributed by atoms with Crippen LogP contribution in [0, 0.1) is 0 Å². The van der Waals surface area contributed by atoms with E-state index in [1.807, 2.05) is 66.7 Å². The van der Waals surface area contributed by atoms with Gasteiger partial charge < -0.3 is 8.92 Å². The van der Waals surface area contributed by atoms with Gasteiger partial charge in [-0.25, -0.2) is 0 Å². The SMILES string of the molecule is COc1ccc([C@@]2(c3ccccc3)NS(=O)(=O)Oc3ccccc32)cc1. The Morgan fingerprint density at radius 1 is 0.846 bits per heavy atom. The van der Waals surface area contributed by atoms with Crippen molar-refractivity contribution in [1.82, 2.24) is 4.72 Å². The molecule has 0 unspecified atom stereocenters. The second-order valence-electron chi connectivity index (χ2n) is 5.98. The van der Waals surface area contributed by atoms with Crippen LogP contribution in [0.5, 0.6) is 11.5 Å². The van der Waals surface area contributed by atoms with Crippen molar-refractivity contribution in [3.8, 4) is 11.5 Å². The van der Waals surface area contributed by atoms with E-state index in [9.17, 15) is 8.42 Å². The summed E-state index contributed by atoms with van der Waals surface area (Å²) in [5, 5.41) is 0. The molecule has 5 nitrogen and oxygen atoms in total. The van der Waals surface area contributed by atoms with E-state index >= 15 is 0 Å². The molecule has 6 heteroatoms. The van der Waals surface area contributed by atoms with Crippen LogP contribution in [0.1, 0.15) is 16.7 Å². The zero-order valence-electron chi connectivity index (χ0n) is 14.0. The fourth-order valence-corrected chi connectivity index (χ4v) is 4.50. The molecule has 1 aliphatic rings. The van der Waals surface area contributed by atoms with Crippen LogP contribution in [0.2, 0.25) is 0 Å². The van der Waals surface area contributed by atoms with Crippen LogP contribution in [-0.2, 0) is 15.8 Å². The van der Waals surface area contributed by atoms with E-state index in [1.165, 1.54) is 0 Å². The Labute approximate surface area is 152 Å². The Balaban J connectivity index is 2.06. The summed E-state index contributed by atoms with van der Waals surface area (Å²) in [7, 11) is -2.41. The van der Waals surface area contributed by atoms with Crippen LogP contribution in [-0.4, -0.2) is 15.5 Å². The number of hydrogen-bond donors (Lipinski definition) is 1. The molecule has 0 aliphatic carbocycles. The highest BCUT2D eigenvalue weighted by atomic mass is 32.2. The summed E-state index contributed by atoms with van der Waals surface area (Å²) in [6.07, 6.45) is 0. The number of rotatable bonds is 3. The predicted octanol–water partition coefficient (Wildman–Crippen LogP) is 3.21. The van der Waals surface area contributed by atoms with Crippen LogP contribution < -0.4 is 13.6 Å². The van der Waals surface area contributed by atoms with Crippen LogP contribution in [0.15, 0.2) is 78.9 Å². The minimum Gasteiger partial charge on any atom is -0.497 e. The molecule has 1 N–H and O–H groups in total. The lowest BCUT2D eigenvalue weighted by Gasteiger charge is -2.39. The van der Waals surface area contributed by atoms with Gasteiger partial charge in [-0.3, -0.25) is 0 Å². The van der Waals surface area contributed by atoms with Gasteiger partial charge in [0.05, 0.1) is 7.11 Å². The molecule has 0 bridgehead atoms. The van der Waals surface area contributed by atoms with Gasteiger partial charge in [0.15, 0.2) is 0 Å². The number of nitrogens with one attached hydrogen (secondary N) is 1. The third-order valence-corrected chi connectivity index (χ3v) is 5.45. The Hall–Kier alpha value is -2.83. The fraction of sp³-hybridized carbons (Fsp3) is 0.100. The summed E-state index contributed by atoms with van der Waals surface area (Å²) in [6.45, 7) is 0. The van der Waals surface area contributed by atoms with Crippen LogP contribution >= 0.6 is 0 Å². The van der Waals surface area contributed by atoms with Crippen molar-refractivity contribution in [1.29, 1.82) is 0 Å². The maximum absolute atomic E-state index is 12.5. The molecule has 0 aromatic heterocycles. The quantitative estimate of drug-likeness (QED) is 0.772. The lowest BCUT2D eigenvalue weighted by molar-refractivity contribution is 0.405. The zero-order valence-corrected chi connectivity index (χ0v) is 14.9. The topological polar surface area (TPSA) is 64.6 Å². The third-order valence-electron chi connectivity index (χ3n) is 4.50. The van der Waals surface area contributed by atoms with Crippen LogP contribution in [0.25, 0.3) is 0 Å². The average molecular weight is 367 g/mol. The first-order valence-corrected chi connectivity index (χ1v) is 9.49. The van der Waals surface area contributed by atoms with Gasteiger partial charge in [-0.2, -0.15) is 13.1 Å². The normalized spacial score (nSPS) is 20.7. The van der Waals surface area contributed by atoms with E-state index in [-0.39, 0.29) is 0 Å². The maximum atomic E-state index is 12.5. The second-order valence-corrected chi connectivity index (χ2v) is 7.26. The van der Waals surface area contributed by atoms with Crippen molar-refractivity contribution in [2.24, 2.45) is 0 Å². The zero-order chi connectivity index (χ0) is 18.2. The monoisotopic (exact) mass is 367 g/mol. The van der Waals surface area contributed by atoms with Gasteiger partial charge in [0, 0.05) is 5.56 Å². The van der Waals surface area contributed by atoms with Gasteiger partial charge in [-0.05, 0) is 29.3 Å². The summed E-state index contributed by atoms with van der Waals surface area (Å²) >= 11 is 0. The van der Waals surface area contributed by atoms with E-state index in [2.05, 4.69) is 4.72 Å². The Bertz CT molecular complexity index is 1030. The highest BCUT2D eigenvalue weighted by Gasteiger charge is 2.46. The molecule has 0 spiro atoms. The molecule has 0 fully saturated rings.